The highest BCUT2D eigenvalue weighted by Crippen LogP contribution is 2.26. The lowest BCUT2D eigenvalue weighted by Gasteiger charge is -2.12. The fraction of sp³-hybridized carbons (Fsp3) is 0.200. The van der Waals surface area contributed by atoms with Gasteiger partial charge in [0.2, 0.25) is 0 Å². The van der Waals surface area contributed by atoms with Crippen molar-refractivity contribution < 1.29 is 9.84 Å². The van der Waals surface area contributed by atoms with Gasteiger partial charge >= 0.3 is 0 Å². The molecular formula is C15H16BrNO2. The number of phenols is 1. The number of methoxy groups -OCH3 is 1. The van der Waals surface area contributed by atoms with Gasteiger partial charge in [-0.2, -0.15) is 0 Å². The van der Waals surface area contributed by atoms with E-state index in [4.69, 9.17) is 4.74 Å². The Morgan fingerprint density at radius 3 is 2.68 bits per heavy atom. The van der Waals surface area contributed by atoms with E-state index in [1.54, 1.807) is 13.2 Å². The Kier molecular flexibility index (Phi) is 4.32. The maximum atomic E-state index is 9.90. The fourth-order valence-electron chi connectivity index (χ4n) is 1.80. The summed E-state index contributed by atoms with van der Waals surface area (Å²) < 4.78 is 6.09. The number of aryl methyl sites for hydroxylation is 1. The van der Waals surface area contributed by atoms with Gasteiger partial charge < -0.3 is 15.2 Å². The Bertz CT molecular complexity index is 584. The van der Waals surface area contributed by atoms with Gasteiger partial charge in [0.15, 0.2) is 0 Å². The number of anilines is 1. The summed E-state index contributed by atoms with van der Waals surface area (Å²) in [5, 5.41) is 13.2. The summed E-state index contributed by atoms with van der Waals surface area (Å²) >= 11 is 3.45. The second kappa shape index (κ2) is 5.97. The molecule has 0 fully saturated rings. The molecule has 4 heteroatoms. The Labute approximate surface area is 121 Å². The van der Waals surface area contributed by atoms with Crippen LogP contribution in [0.3, 0.4) is 0 Å². The van der Waals surface area contributed by atoms with Crippen molar-refractivity contribution in [2.45, 2.75) is 13.5 Å². The van der Waals surface area contributed by atoms with Crippen molar-refractivity contribution in [2.75, 3.05) is 12.4 Å². The topological polar surface area (TPSA) is 41.5 Å². The van der Waals surface area contributed by atoms with Gasteiger partial charge in [-0.05, 0) is 36.8 Å². The molecule has 0 bridgehead atoms. The molecule has 0 amide bonds. The van der Waals surface area contributed by atoms with Gasteiger partial charge in [0.05, 0.1) is 7.11 Å². The molecule has 0 aliphatic heterocycles. The minimum atomic E-state index is 0.236. The normalized spacial score (nSPS) is 10.3. The van der Waals surface area contributed by atoms with Gasteiger partial charge in [-0.15, -0.1) is 0 Å². The number of hydrogen-bond donors (Lipinski definition) is 2. The van der Waals surface area contributed by atoms with Crippen LogP contribution >= 0.6 is 15.9 Å². The highest BCUT2D eigenvalue weighted by atomic mass is 79.9. The van der Waals surface area contributed by atoms with Crippen molar-refractivity contribution in [3.8, 4) is 11.5 Å². The van der Waals surface area contributed by atoms with Crippen molar-refractivity contribution in [3.05, 3.63) is 52.0 Å². The van der Waals surface area contributed by atoms with E-state index < -0.39 is 0 Å². The summed E-state index contributed by atoms with van der Waals surface area (Å²) in [6.07, 6.45) is 0. The first-order valence-electron chi connectivity index (χ1n) is 5.96. The lowest BCUT2D eigenvalue weighted by molar-refractivity contribution is 0.406. The highest BCUT2D eigenvalue weighted by Gasteiger charge is 2.04. The quantitative estimate of drug-likeness (QED) is 0.891. The van der Waals surface area contributed by atoms with Gasteiger partial charge in [-0.1, -0.05) is 22.0 Å². The van der Waals surface area contributed by atoms with E-state index in [-0.39, 0.29) is 5.75 Å². The second-order valence-electron chi connectivity index (χ2n) is 4.31. The molecule has 0 aliphatic rings. The van der Waals surface area contributed by atoms with Gasteiger partial charge in [0.25, 0.3) is 0 Å². The minimum absolute atomic E-state index is 0.236. The molecule has 2 aromatic carbocycles. The lowest BCUT2D eigenvalue weighted by Crippen LogP contribution is -2.01. The molecule has 0 saturated heterocycles. The Balaban J connectivity index is 2.12. The third-order valence-electron chi connectivity index (χ3n) is 2.96. The summed E-state index contributed by atoms with van der Waals surface area (Å²) in [5.41, 5.74) is 3.04. The number of phenolic OH excluding ortho intramolecular Hbond substituents is 1. The molecule has 0 heterocycles. The molecule has 2 rings (SSSR count). The number of nitrogens with one attached hydrogen (secondary N) is 1. The van der Waals surface area contributed by atoms with Crippen LogP contribution in [0.25, 0.3) is 0 Å². The van der Waals surface area contributed by atoms with Crippen LogP contribution in [0.1, 0.15) is 11.1 Å². The SMILES string of the molecule is COc1ccc(CNc2cc(Br)ccc2C)c(O)c1. The third kappa shape index (κ3) is 3.41. The largest absolute Gasteiger partial charge is 0.507 e. The summed E-state index contributed by atoms with van der Waals surface area (Å²) in [6, 6.07) is 11.4. The molecule has 0 saturated carbocycles. The molecule has 19 heavy (non-hydrogen) atoms. The van der Waals surface area contributed by atoms with E-state index in [9.17, 15) is 5.11 Å². The summed E-state index contributed by atoms with van der Waals surface area (Å²) in [7, 11) is 1.58. The summed E-state index contributed by atoms with van der Waals surface area (Å²) in [6.45, 7) is 2.61. The average Bonchev–Trinajstić information content (AvgIpc) is 2.40. The number of halogens is 1. The standard InChI is InChI=1S/C15H16BrNO2/c1-10-3-5-12(16)7-14(10)17-9-11-4-6-13(19-2)8-15(11)18/h3-8,17-18H,9H2,1-2H3. The van der Waals surface area contributed by atoms with E-state index in [0.29, 0.717) is 12.3 Å². The van der Waals surface area contributed by atoms with Crippen LogP contribution < -0.4 is 10.1 Å². The molecular weight excluding hydrogens is 306 g/mol. The number of aromatic hydroxyl groups is 1. The first kappa shape index (κ1) is 13.7. The molecule has 100 valence electrons. The summed E-state index contributed by atoms with van der Waals surface area (Å²) in [4.78, 5) is 0. The van der Waals surface area contributed by atoms with Crippen molar-refractivity contribution in [2.24, 2.45) is 0 Å². The summed E-state index contributed by atoms with van der Waals surface area (Å²) in [5.74, 6) is 0.888. The zero-order valence-electron chi connectivity index (χ0n) is 10.9. The zero-order valence-corrected chi connectivity index (χ0v) is 12.5. The van der Waals surface area contributed by atoms with Crippen molar-refractivity contribution >= 4 is 21.6 Å². The van der Waals surface area contributed by atoms with Crippen molar-refractivity contribution in [3.63, 3.8) is 0 Å². The molecule has 0 aliphatic carbocycles. The molecule has 0 spiro atoms. The smallest absolute Gasteiger partial charge is 0.124 e. The molecule has 2 N–H and O–H groups in total. The predicted molar refractivity (Wildman–Crippen MR) is 80.9 cm³/mol. The van der Waals surface area contributed by atoms with Crippen LogP contribution in [0.15, 0.2) is 40.9 Å². The van der Waals surface area contributed by atoms with Crippen LogP contribution in [0.5, 0.6) is 11.5 Å². The van der Waals surface area contributed by atoms with Crippen LogP contribution in [0.2, 0.25) is 0 Å². The number of rotatable bonds is 4. The number of hydrogen-bond acceptors (Lipinski definition) is 3. The van der Waals surface area contributed by atoms with E-state index >= 15 is 0 Å². The van der Waals surface area contributed by atoms with E-state index in [1.165, 1.54) is 0 Å². The molecule has 0 unspecified atom stereocenters. The third-order valence-corrected chi connectivity index (χ3v) is 3.45. The van der Waals surface area contributed by atoms with E-state index in [0.717, 1.165) is 21.3 Å². The Morgan fingerprint density at radius 1 is 1.21 bits per heavy atom. The first-order chi connectivity index (χ1) is 9.10. The molecule has 2 aromatic rings. The zero-order chi connectivity index (χ0) is 13.8. The van der Waals surface area contributed by atoms with Crippen molar-refractivity contribution in [1.29, 1.82) is 0 Å². The molecule has 0 aromatic heterocycles. The molecule has 0 atom stereocenters. The molecule has 0 radical (unpaired) electrons. The van der Waals surface area contributed by atoms with Crippen LogP contribution in [0.4, 0.5) is 5.69 Å². The predicted octanol–water partition coefficient (Wildman–Crippen LogP) is 4.08. The molecule has 3 nitrogen and oxygen atoms in total. The van der Waals surface area contributed by atoms with Crippen molar-refractivity contribution in [1.82, 2.24) is 0 Å². The van der Waals surface area contributed by atoms with Crippen LogP contribution in [-0.4, -0.2) is 12.2 Å². The van der Waals surface area contributed by atoms with Gasteiger partial charge in [-0.3, -0.25) is 0 Å². The second-order valence-corrected chi connectivity index (χ2v) is 5.22. The van der Waals surface area contributed by atoms with Gasteiger partial charge in [0.1, 0.15) is 11.5 Å². The van der Waals surface area contributed by atoms with E-state index in [1.807, 2.05) is 37.3 Å². The van der Waals surface area contributed by atoms with Crippen LogP contribution in [-0.2, 0) is 6.54 Å². The maximum Gasteiger partial charge on any atom is 0.124 e. The van der Waals surface area contributed by atoms with Gasteiger partial charge in [-0.25, -0.2) is 0 Å². The minimum Gasteiger partial charge on any atom is -0.507 e. The fourth-order valence-corrected chi connectivity index (χ4v) is 2.16. The van der Waals surface area contributed by atoms with Crippen LogP contribution in [0, 0.1) is 6.92 Å². The lowest BCUT2D eigenvalue weighted by atomic mass is 10.1. The number of benzene rings is 2. The monoisotopic (exact) mass is 321 g/mol. The highest BCUT2D eigenvalue weighted by molar-refractivity contribution is 9.10. The first-order valence-corrected chi connectivity index (χ1v) is 6.75. The maximum absolute atomic E-state index is 9.90. The number of ether oxygens (including phenoxy) is 1. The average molecular weight is 322 g/mol. The van der Waals surface area contributed by atoms with E-state index in [2.05, 4.69) is 21.2 Å². The Morgan fingerprint density at radius 2 is 2.00 bits per heavy atom. The van der Waals surface area contributed by atoms with Gasteiger partial charge in [0, 0.05) is 28.3 Å². The Hall–Kier alpha value is -1.68.